The lowest BCUT2D eigenvalue weighted by Gasteiger charge is -2.36. The highest BCUT2D eigenvalue weighted by molar-refractivity contribution is 7.92. The zero-order valence-corrected chi connectivity index (χ0v) is 15.8. The molecule has 0 aromatic heterocycles. The average Bonchev–Trinajstić information content (AvgIpc) is 2.61. The standard InChI is InChI=1S/C18H18ClNO5S/c1-11-3-4-12-9-13(19)5-7-16(12)20(11)26(23,24)14-6-8-17(21)15(10-14)18(22)25-2/h5-11,21H,3-4H2,1-2H3. The second-order valence-corrected chi connectivity index (χ2v) is 8.38. The lowest BCUT2D eigenvalue weighted by Crippen LogP contribution is -2.42. The van der Waals surface area contributed by atoms with Gasteiger partial charge in [0.15, 0.2) is 0 Å². The number of phenols is 1. The summed E-state index contributed by atoms with van der Waals surface area (Å²) in [6.07, 6.45) is 1.38. The number of aromatic hydroxyl groups is 1. The first-order valence-corrected chi connectivity index (χ1v) is 9.81. The van der Waals surface area contributed by atoms with E-state index in [0.29, 0.717) is 17.1 Å². The first-order chi connectivity index (χ1) is 12.3. The number of fused-ring (bicyclic) bond motifs is 1. The van der Waals surface area contributed by atoms with Gasteiger partial charge in [0.25, 0.3) is 10.0 Å². The molecule has 26 heavy (non-hydrogen) atoms. The van der Waals surface area contributed by atoms with Crippen molar-refractivity contribution in [3.63, 3.8) is 0 Å². The van der Waals surface area contributed by atoms with Gasteiger partial charge in [0.1, 0.15) is 11.3 Å². The van der Waals surface area contributed by atoms with Crippen LogP contribution < -0.4 is 4.31 Å². The average molecular weight is 396 g/mol. The number of nitrogens with zero attached hydrogens (tertiary/aromatic N) is 1. The third-order valence-electron chi connectivity index (χ3n) is 4.44. The molecule has 0 aliphatic carbocycles. The van der Waals surface area contributed by atoms with Crippen molar-refractivity contribution in [3.05, 3.63) is 52.5 Å². The van der Waals surface area contributed by atoms with Crippen molar-refractivity contribution in [2.45, 2.75) is 30.7 Å². The van der Waals surface area contributed by atoms with E-state index in [0.717, 1.165) is 25.2 Å². The molecule has 0 spiro atoms. The SMILES string of the molecule is COC(=O)c1cc(S(=O)(=O)N2c3ccc(Cl)cc3CCC2C)ccc1O. The number of halogens is 1. The van der Waals surface area contributed by atoms with Crippen molar-refractivity contribution in [1.29, 1.82) is 0 Å². The minimum Gasteiger partial charge on any atom is -0.507 e. The fourth-order valence-electron chi connectivity index (χ4n) is 3.12. The molecule has 1 aliphatic rings. The third-order valence-corrected chi connectivity index (χ3v) is 6.60. The lowest BCUT2D eigenvalue weighted by atomic mass is 9.99. The Bertz CT molecular complexity index is 974. The normalized spacial score (nSPS) is 16.9. The molecule has 1 heterocycles. The van der Waals surface area contributed by atoms with E-state index in [-0.39, 0.29) is 22.3 Å². The number of esters is 1. The number of aryl methyl sites for hydroxylation is 1. The van der Waals surface area contributed by atoms with E-state index >= 15 is 0 Å². The molecular weight excluding hydrogens is 378 g/mol. The minimum atomic E-state index is -3.95. The number of methoxy groups -OCH3 is 1. The van der Waals surface area contributed by atoms with E-state index in [4.69, 9.17) is 11.6 Å². The number of anilines is 1. The predicted molar refractivity (Wildman–Crippen MR) is 98.3 cm³/mol. The Morgan fingerprint density at radius 3 is 2.69 bits per heavy atom. The fraction of sp³-hybridized carbons (Fsp3) is 0.278. The first kappa shape index (κ1) is 18.5. The molecule has 6 nitrogen and oxygen atoms in total. The van der Waals surface area contributed by atoms with Crippen LogP contribution in [0, 0.1) is 0 Å². The summed E-state index contributed by atoms with van der Waals surface area (Å²) in [6.45, 7) is 1.83. The molecule has 1 unspecified atom stereocenters. The molecular formula is C18H18ClNO5S. The number of benzene rings is 2. The molecule has 0 amide bonds. The Hall–Kier alpha value is -2.25. The summed E-state index contributed by atoms with van der Waals surface area (Å²) < 4.78 is 32.5. The molecule has 138 valence electrons. The number of sulfonamides is 1. The van der Waals surface area contributed by atoms with Crippen molar-refractivity contribution >= 4 is 33.3 Å². The highest BCUT2D eigenvalue weighted by atomic mass is 35.5. The second kappa shape index (κ2) is 6.81. The molecule has 0 saturated carbocycles. The van der Waals surface area contributed by atoms with Gasteiger partial charge in [-0.05, 0) is 61.7 Å². The Morgan fingerprint density at radius 1 is 1.27 bits per heavy atom. The minimum absolute atomic E-state index is 0.0923. The second-order valence-electron chi connectivity index (χ2n) is 6.13. The molecule has 1 atom stereocenters. The Morgan fingerprint density at radius 2 is 2.00 bits per heavy atom. The van der Waals surface area contributed by atoms with Crippen molar-refractivity contribution < 1.29 is 23.1 Å². The van der Waals surface area contributed by atoms with Gasteiger partial charge in [0, 0.05) is 11.1 Å². The Kier molecular flexibility index (Phi) is 4.86. The van der Waals surface area contributed by atoms with Crippen molar-refractivity contribution in [2.75, 3.05) is 11.4 Å². The monoisotopic (exact) mass is 395 g/mol. The largest absolute Gasteiger partial charge is 0.507 e. The molecule has 3 rings (SSSR count). The third kappa shape index (κ3) is 3.12. The number of rotatable bonds is 3. The van der Waals surface area contributed by atoms with Gasteiger partial charge in [-0.25, -0.2) is 13.2 Å². The van der Waals surface area contributed by atoms with Crippen LogP contribution in [0.3, 0.4) is 0 Å². The summed E-state index contributed by atoms with van der Waals surface area (Å²) in [5, 5.41) is 10.4. The van der Waals surface area contributed by atoms with Gasteiger partial charge in [0.2, 0.25) is 0 Å². The maximum atomic E-state index is 13.3. The summed E-state index contributed by atoms with van der Waals surface area (Å²) in [7, 11) is -2.78. The van der Waals surface area contributed by atoms with Crippen molar-refractivity contribution in [3.8, 4) is 5.75 Å². The molecule has 0 radical (unpaired) electrons. The number of carbonyl (C=O) groups excluding carboxylic acids is 1. The summed E-state index contributed by atoms with van der Waals surface area (Å²) in [5.41, 5.74) is 1.22. The summed E-state index contributed by atoms with van der Waals surface area (Å²) in [4.78, 5) is 11.7. The predicted octanol–water partition coefficient (Wildman–Crippen LogP) is 3.36. The molecule has 2 aromatic rings. The number of carbonyl (C=O) groups is 1. The van der Waals surface area contributed by atoms with E-state index in [1.54, 1.807) is 18.2 Å². The molecule has 1 N–H and O–H groups in total. The van der Waals surface area contributed by atoms with Crippen LogP contribution in [0.2, 0.25) is 5.02 Å². The maximum Gasteiger partial charge on any atom is 0.341 e. The number of phenolic OH excluding ortho intramolecular Hbond substituents is 1. The van der Waals surface area contributed by atoms with Crippen molar-refractivity contribution in [1.82, 2.24) is 0 Å². The lowest BCUT2D eigenvalue weighted by molar-refractivity contribution is 0.0597. The van der Waals surface area contributed by atoms with E-state index < -0.39 is 16.0 Å². The molecule has 1 aliphatic heterocycles. The number of ether oxygens (including phenoxy) is 1. The molecule has 8 heteroatoms. The highest BCUT2D eigenvalue weighted by Crippen LogP contribution is 2.37. The smallest absolute Gasteiger partial charge is 0.341 e. The summed E-state index contributed by atoms with van der Waals surface area (Å²) >= 11 is 6.03. The molecule has 0 bridgehead atoms. The van der Waals surface area contributed by atoms with Crippen LogP contribution in [0.1, 0.15) is 29.3 Å². The number of hydrogen-bond acceptors (Lipinski definition) is 5. The van der Waals surface area contributed by atoms with Gasteiger partial charge in [-0.3, -0.25) is 4.31 Å². The first-order valence-electron chi connectivity index (χ1n) is 8.00. The zero-order chi connectivity index (χ0) is 19.1. The van der Waals surface area contributed by atoms with E-state index in [2.05, 4.69) is 4.74 Å². The quantitative estimate of drug-likeness (QED) is 0.805. The Labute approximate surface area is 157 Å². The van der Waals surface area contributed by atoms with Gasteiger partial charge in [-0.15, -0.1) is 0 Å². The van der Waals surface area contributed by atoms with Gasteiger partial charge in [-0.2, -0.15) is 0 Å². The number of hydrogen-bond donors (Lipinski definition) is 1. The van der Waals surface area contributed by atoms with Crippen LogP contribution in [-0.4, -0.2) is 32.6 Å². The van der Waals surface area contributed by atoms with Gasteiger partial charge >= 0.3 is 5.97 Å². The summed E-state index contributed by atoms with van der Waals surface area (Å²) in [6, 6.07) is 8.42. The summed E-state index contributed by atoms with van der Waals surface area (Å²) in [5.74, 6) is -1.15. The Balaban J connectivity index is 2.13. The zero-order valence-electron chi connectivity index (χ0n) is 14.3. The van der Waals surface area contributed by atoms with E-state index in [1.165, 1.54) is 16.4 Å². The van der Waals surface area contributed by atoms with Gasteiger partial charge in [-0.1, -0.05) is 11.6 Å². The van der Waals surface area contributed by atoms with Gasteiger partial charge in [0.05, 0.1) is 17.7 Å². The molecule has 0 saturated heterocycles. The van der Waals surface area contributed by atoms with Crippen LogP contribution in [0.15, 0.2) is 41.3 Å². The highest BCUT2D eigenvalue weighted by Gasteiger charge is 2.34. The van der Waals surface area contributed by atoms with Gasteiger partial charge < -0.3 is 9.84 Å². The molecule has 2 aromatic carbocycles. The van der Waals surface area contributed by atoms with E-state index in [9.17, 15) is 18.3 Å². The van der Waals surface area contributed by atoms with E-state index in [1.807, 2.05) is 6.92 Å². The van der Waals surface area contributed by atoms with Crippen LogP contribution in [0.25, 0.3) is 0 Å². The topological polar surface area (TPSA) is 83.9 Å². The van der Waals surface area contributed by atoms with Crippen LogP contribution in [0.4, 0.5) is 5.69 Å². The van der Waals surface area contributed by atoms with Crippen LogP contribution in [0.5, 0.6) is 5.75 Å². The molecule has 0 fully saturated rings. The van der Waals surface area contributed by atoms with Crippen LogP contribution in [-0.2, 0) is 21.2 Å². The maximum absolute atomic E-state index is 13.3. The van der Waals surface area contributed by atoms with Crippen molar-refractivity contribution in [2.24, 2.45) is 0 Å². The fourth-order valence-corrected chi connectivity index (χ4v) is 5.06. The van der Waals surface area contributed by atoms with Crippen LogP contribution >= 0.6 is 11.6 Å².